The van der Waals surface area contributed by atoms with Crippen LogP contribution in [0, 0.1) is 0 Å². The van der Waals surface area contributed by atoms with Crippen LogP contribution in [0.2, 0.25) is 5.28 Å². The van der Waals surface area contributed by atoms with Crippen LogP contribution < -0.4 is 9.64 Å². The van der Waals surface area contributed by atoms with E-state index in [1.807, 2.05) is 45.0 Å². The highest BCUT2D eigenvalue weighted by atomic mass is 35.5. The number of carbonyl (C=O) groups excluding carboxylic acids is 1. The lowest BCUT2D eigenvalue weighted by atomic mass is 10.1. The Bertz CT molecular complexity index is 1110. The van der Waals surface area contributed by atoms with Gasteiger partial charge in [-0.1, -0.05) is 12.1 Å². The van der Waals surface area contributed by atoms with E-state index in [2.05, 4.69) is 20.2 Å². The van der Waals surface area contributed by atoms with Gasteiger partial charge in [-0.3, -0.25) is 0 Å². The highest BCUT2D eigenvalue weighted by Gasteiger charge is 2.26. The third-order valence-corrected chi connectivity index (χ3v) is 6.28. The molecule has 0 radical (unpaired) electrons. The van der Waals surface area contributed by atoms with Gasteiger partial charge in [0, 0.05) is 37.1 Å². The van der Waals surface area contributed by atoms with Gasteiger partial charge in [-0.05, 0) is 56.5 Å². The molecule has 1 aromatic carbocycles. The van der Waals surface area contributed by atoms with Gasteiger partial charge in [-0.15, -0.1) is 11.3 Å². The molecule has 0 unspecified atom stereocenters. The highest BCUT2D eigenvalue weighted by Crippen LogP contribution is 2.39. The predicted molar refractivity (Wildman–Crippen MR) is 129 cm³/mol. The van der Waals surface area contributed by atoms with E-state index in [1.165, 1.54) is 0 Å². The van der Waals surface area contributed by atoms with Gasteiger partial charge >= 0.3 is 6.09 Å². The lowest BCUT2D eigenvalue weighted by Gasteiger charge is -2.27. The van der Waals surface area contributed by atoms with Gasteiger partial charge in [-0.2, -0.15) is 4.98 Å². The van der Waals surface area contributed by atoms with Crippen molar-refractivity contribution in [1.29, 1.82) is 0 Å². The fourth-order valence-corrected chi connectivity index (χ4v) is 4.90. The number of benzene rings is 1. The summed E-state index contributed by atoms with van der Waals surface area (Å²) in [5.41, 5.74) is 1.61. The van der Waals surface area contributed by atoms with Gasteiger partial charge in [0.05, 0.1) is 12.5 Å². The first-order chi connectivity index (χ1) is 15.2. The molecule has 1 amide bonds. The van der Waals surface area contributed by atoms with Crippen molar-refractivity contribution < 1.29 is 14.3 Å². The molecule has 9 heteroatoms. The average molecular weight is 475 g/mol. The van der Waals surface area contributed by atoms with Crippen LogP contribution in [-0.4, -0.2) is 59.9 Å². The number of amides is 1. The molecule has 0 spiro atoms. The van der Waals surface area contributed by atoms with Crippen molar-refractivity contribution in [2.75, 3.05) is 38.2 Å². The van der Waals surface area contributed by atoms with Crippen LogP contribution in [0.15, 0.2) is 29.6 Å². The summed E-state index contributed by atoms with van der Waals surface area (Å²) in [7, 11) is 1.66. The number of methoxy groups -OCH3 is 1. The van der Waals surface area contributed by atoms with Gasteiger partial charge < -0.3 is 19.3 Å². The van der Waals surface area contributed by atoms with Crippen LogP contribution in [0.5, 0.6) is 5.75 Å². The van der Waals surface area contributed by atoms with Crippen molar-refractivity contribution >= 4 is 45.1 Å². The van der Waals surface area contributed by atoms with Crippen LogP contribution in [0.25, 0.3) is 21.3 Å². The van der Waals surface area contributed by atoms with Crippen molar-refractivity contribution in [2.45, 2.75) is 32.8 Å². The Morgan fingerprint density at radius 2 is 1.84 bits per heavy atom. The monoisotopic (exact) mass is 474 g/mol. The molecule has 1 fully saturated rings. The number of nitrogens with zero attached hydrogens (tertiary/aromatic N) is 4. The largest absolute Gasteiger partial charge is 0.497 e. The molecule has 2 aromatic heterocycles. The Kier molecular flexibility index (Phi) is 6.44. The maximum absolute atomic E-state index is 12.6. The third-order valence-electron chi connectivity index (χ3n) is 5.24. The zero-order valence-corrected chi connectivity index (χ0v) is 20.3. The van der Waals surface area contributed by atoms with E-state index in [4.69, 9.17) is 21.1 Å². The maximum atomic E-state index is 12.6. The first kappa shape index (κ1) is 22.6. The molecular formula is C23H27ClN4O3S. The molecule has 3 aromatic rings. The molecule has 1 aliphatic heterocycles. The lowest BCUT2D eigenvalue weighted by molar-refractivity contribution is 0.0263. The fraction of sp³-hybridized carbons (Fsp3) is 0.435. The normalized spacial score (nSPS) is 15.0. The van der Waals surface area contributed by atoms with E-state index < -0.39 is 5.60 Å². The molecule has 3 heterocycles. The maximum Gasteiger partial charge on any atom is 0.410 e. The number of hydrogen-bond acceptors (Lipinski definition) is 7. The SMILES string of the molecule is COc1ccc(-c2csc3nc(Cl)nc(N4CCCN(C(=O)OC(C)(C)C)CC4)c23)cc1. The summed E-state index contributed by atoms with van der Waals surface area (Å²) in [5.74, 6) is 1.61. The van der Waals surface area contributed by atoms with E-state index in [9.17, 15) is 4.79 Å². The lowest BCUT2D eigenvalue weighted by Crippen LogP contribution is -2.39. The third kappa shape index (κ3) is 4.91. The minimum Gasteiger partial charge on any atom is -0.497 e. The number of thiophene rings is 1. The molecule has 0 atom stereocenters. The Morgan fingerprint density at radius 1 is 1.09 bits per heavy atom. The summed E-state index contributed by atoms with van der Waals surface area (Å²) in [6.45, 7) is 8.24. The first-order valence-corrected chi connectivity index (χ1v) is 11.8. The van der Waals surface area contributed by atoms with Crippen molar-refractivity contribution in [1.82, 2.24) is 14.9 Å². The standard InChI is InChI=1S/C23H27ClN4O3S/c1-23(2,3)31-22(29)28-11-5-10-27(12-13-28)19-18-17(14-32-20(18)26-21(24)25-19)15-6-8-16(30-4)9-7-15/h6-9,14H,5,10-13H2,1-4H3. The second-order valence-corrected chi connectivity index (χ2v) is 9.88. The van der Waals surface area contributed by atoms with Crippen LogP contribution in [-0.2, 0) is 4.74 Å². The molecule has 170 valence electrons. The fourth-order valence-electron chi connectivity index (χ4n) is 3.75. The van der Waals surface area contributed by atoms with Crippen molar-refractivity contribution in [3.05, 3.63) is 34.9 Å². The highest BCUT2D eigenvalue weighted by molar-refractivity contribution is 7.17. The molecule has 0 saturated carbocycles. The molecule has 1 aliphatic rings. The van der Waals surface area contributed by atoms with Gasteiger partial charge in [0.2, 0.25) is 5.28 Å². The van der Waals surface area contributed by atoms with Gasteiger partial charge in [0.15, 0.2) is 0 Å². The quantitative estimate of drug-likeness (QED) is 0.469. The van der Waals surface area contributed by atoms with E-state index >= 15 is 0 Å². The second-order valence-electron chi connectivity index (χ2n) is 8.68. The number of aromatic nitrogens is 2. The average Bonchev–Trinajstić information content (AvgIpc) is 3.00. The minimum absolute atomic E-state index is 0.226. The van der Waals surface area contributed by atoms with Crippen LogP contribution >= 0.6 is 22.9 Å². The van der Waals surface area contributed by atoms with Crippen LogP contribution in [0.1, 0.15) is 27.2 Å². The van der Waals surface area contributed by atoms with Crippen molar-refractivity contribution in [3.63, 3.8) is 0 Å². The van der Waals surface area contributed by atoms with E-state index in [1.54, 1.807) is 23.3 Å². The number of carbonyl (C=O) groups is 1. The Hall–Kier alpha value is -2.58. The predicted octanol–water partition coefficient (Wildman–Crippen LogP) is 5.47. The van der Waals surface area contributed by atoms with E-state index in [0.717, 1.165) is 45.9 Å². The zero-order valence-electron chi connectivity index (χ0n) is 18.7. The summed E-state index contributed by atoms with van der Waals surface area (Å²) >= 11 is 7.84. The van der Waals surface area contributed by atoms with Gasteiger partial charge in [0.25, 0.3) is 0 Å². The number of hydrogen-bond donors (Lipinski definition) is 0. The number of halogens is 1. The van der Waals surface area contributed by atoms with Crippen molar-refractivity contribution in [3.8, 4) is 16.9 Å². The smallest absolute Gasteiger partial charge is 0.410 e. The van der Waals surface area contributed by atoms with E-state index in [-0.39, 0.29) is 11.4 Å². The molecule has 1 saturated heterocycles. The van der Waals surface area contributed by atoms with Gasteiger partial charge in [-0.25, -0.2) is 9.78 Å². The second kappa shape index (κ2) is 9.11. The van der Waals surface area contributed by atoms with Crippen molar-refractivity contribution in [2.24, 2.45) is 0 Å². The molecule has 0 aliphatic carbocycles. The summed E-state index contributed by atoms with van der Waals surface area (Å²) in [6, 6.07) is 7.95. The summed E-state index contributed by atoms with van der Waals surface area (Å²) in [6.07, 6.45) is 0.532. The Labute approximate surface area is 196 Å². The number of ether oxygens (including phenoxy) is 2. The summed E-state index contributed by atoms with van der Waals surface area (Å²) < 4.78 is 10.9. The molecule has 0 N–H and O–H groups in total. The molecule has 32 heavy (non-hydrogen) atoms. The molecule has 4 rings (SSSR count). The number of rotatable bonds is 3. The number of anilines is 1. The first-order valence-electron chi connectivity index (χ1n) is 10.6. The Morgan fingerprint density at radius 3 is 2.53 bits per heavy atom. The van der Waals surface area contributed by atoms with E-state index in [0.29, 0.717) is 19.6 Å². The topological polar surface area (TPSA) is 67.8 Å². The Balaban J connectivity index is 1.65. The number of fused-ring (bicyclic) bond motifs is 1. The molecule has 0 bridgehead atoms. The summed E-state index contributed by atoms with van der Waals surface area (Å²) in [5, 5.41) is 3.30. The zero-order chi connectivity index (χ0) is 22.9. The molecule has 7 nitrogen and oxygen atoms in total. The van der Waals surface area contributed by atoms with Crippen LogP contribution in [0.4, 0.5) is 10.6 Å². The van der Waals surface area contributed by atoms with Crippen LogP contribution in [0.3, 0.4) is 0 Å². The van der Waals surface area contributed by atoms with Gasteiger partial charge in [0.1, 0.15) is 22.0 Å². The molecular weight excluding hydrogens is 448 g/mol. The minimum atomic E-state index is -0.515. The summed E-state index contributed by atoms with van der Waals surface area (Å²) in [4.78, 5) is 26.4.